The van der Waals surface area contributed by atoms with Crippen LogP contribution in [0.25, 0.3) is 5.69 Å². The van der Waals surface area contributed by atoms with Crippen molar-refractivity contribution in [2.45, 2.75) is 43.4 Å². The van der Waals surface area contributed by atoms with Crippen LogP contribution in [0.3, 0.4) is 0 Å². The number of carbonyl (C=O) groups is 1. The summed E-state index contributed by atoms with van der Waals surface area (Å²) >= 11 is 0. The monoisotopic (exact) mass is 498 g/mol. The van der Waals surface area contributed by atoms with Gasteiger partial charge in [0.2, 0.25) is 10.0 Å². The van der Waals surface area contributed by atoms with Crippen molar-refractivity contribution in [1.29, 1.82) is 0 Å². The molecule has 1 unspecified atom stereocenters. The third kappa shape index (κ3) is 4.69. The number of hydrogen-bond acceptors (Lipinski definition) is 9. The van der Waals surface area contributed by atoms with Gasteiger partial charge in [-0.15, -0.1) is 5.10 Å². The van der Waals surface area contributed by atoms with Gasteiger partial charge in [-0.05, 0) is 78.2 Å². The topological polar surface area (TPSA) is 140 Å². The Morgan fingerprint density at radius 3 is 2.77 bits per heavy atom. The zero-order valence-corrected chi connectivity index (χ0v) is 20.0. The number of aliphatic hydroxyl groups excluding tert-OH is 1. The van der Waals surface area contributed by atoms with E-state index in [1.165, 1.54) is 23.1 Å². The highest BCUT2D eigenvalue weighted by atomic mass is 32.2. The average Bonchev–Trinajstić information content (AvgIpc) is 3.61. The Bertz CT molecular complexity index is 1330. The lowest BCUT2D eigenvalue weighted by Gasteiger charge is -2.28. The number of aliphatic hydroxyl groups is 1. The van der Waals surface area contributed by atoms with Crippen LogP contribution in [0.5, 0.6) is 0 Å². The maximum Gasteiger partial charge on any atom is 0.338 e. The van der Waals surface area contributed by atoms with Gasteiger partial charge in [-0.2, -0.15) is 0 Å². The number of rotatable bonds is 8. The number of aromatic nitrogens is 4. The van der Waals surface area contributed by atoms with Crippen LogP contribution in [0.15, 0.2) is 47.6 Å². The highest BCUT2D eigenvalue weighted by molar-refractivity contribution is 7.89. The second-order valence-corrected chi connectivity index (χ2v) is 10.6. The zero-order chi connectivity index (χ0) is 24.6. The van der Waals surface area contributed by atoms with Crippen molar-refractivity contribution in [1.82, 2.24) is 29.8 Å². The van der Waals surface area contributed by atoms with E-state index in [0.29, 0.717) is 17.8 Å². The number of esters is 1. The molecule has 3 aromatic rings. The van der Waals surface area contributed by atoms with Gasteiger partial charge in [-0.25, -0.2) is 22.6 Å². The largest absolute Gasteiger partial charge is 0.457 e. The first-order valence-electron chi connectivity index (χ1n) is 11.4. The average molecular weight is 499 g/mol. The Morgan fingerprint density at radius 1 is 1.23 bits per heavy atom. The predicted octanol–water partition coefficient (Wildman–Crippen LogP) is 1.12. The Morgan fingerprint density at radius 2 is 2.03 bits per heavy atom. The second kappa shape index (κ2) is 9.46. The number of tetrazole rings is 1. The van der Waals surface area contributed by atoms with Crippen molar-refractivity contribution < 1.29 is 23.1 Å². The number of fused-ring (bicyclic) bond motifs is 1. The molecule has 0 bridgehead atoms. The first-order valence-corrected chi connectivity index (χ1v) is 12.9. The number of cyclic esters (lactones) is 1. The quantitative estimate of drug-likeness (QED) is 0.437. The van der Waals surface area contributed by atoms with Crippen LogP contribution in [0.4, 0.5) is 0 Å². The van der Waals surface area contributed by atoms with E-state index in [1.807, 2.05) is 6.92 Å². The fraction of sp³-hybridized carbons (Fsp3) is 0.391. The number of nitrogens with zero attached hydrogens (tertiary/aromatic N) is 5. The molecule has 1 fully saturated rings. The molecule has 1 aromatic heterocycles. The number of β-amino-alcohol motifs (C(OH)–C–C–N with tert-alkyl or cyclic N) is 1. The first kappa shape index (κ1) is 23.5. The number of hydrogen-bond donors (Lipinski definition) is 2. The second-order valence-electron chi connectivity index (χ2n) is 8.79. The van der Waals surface area contributed by atoms with Gasteiger partial charge in [0, 0.05) is 24.7 Å². The maximum atomic E-state index is 12.9. The van der Waals surface area contributed by atoms with Crippen LogP contribution in [0.1, 0.15) is 46.0 Å². The van der Waals surface area contributed by atoms with Crippen LogP contribution in [-0.2, 0) is 21.4 Å². The van der Waals surface area contributed by atoms with Crippen LogP contribution >= 0.6 is 0 Å². The lowest BCUT2D eigenvalue weighted by Crippen LogP contribution is -2.41. The van der Waals surface area contributed by atoms with Gasteiger partial charge in [-0.1, -0.05) is 6.07 Å². The number of benzene rings is 2. The van der Waals surface area contributed by atoms with Crippen molar-refractivity contribution in [3.05, 3.63) is 65.0 Å². The van der Waals surface area contributed by atoms with E-state index < -0.39 is 16.1 Å². The lowest BCUT2D eigenvalue weighted by molar-refractivity contribution is 0.0535. The van der Waals surface area contributed by atoms with E-state index in [4.69, 9.17) is 4.74 Å². The highest BCUT2D eigenvalue weighted by Gasteiger charge is 2.30. The number of nitrogens with one attached hydrogen (secondary N) is 1. The molecule has 1 saturated heterocycles. The lowest BCUT2D eigenvalue weighted by atomic mass is 9.95. The molecule has 35 heavy (non-hydrogen) atoms. The molecule has 2 atom stereocenters. The molecule has 2 aromatic carbocycles. The number of likely N-dealkylation sites (tertiary alicyclic amines) is 1. The Labute approximate surface area is 202 Å². The molecule has 2 aliphatic heterocycles. The Hall–Kier alpha value is -3.19. The summed E-state index contributed by atoms with van der Waals surface area (Å²) in [4.78, 5) is 14.1. The van der Waals surface area contributed by atoms with E-state index in [-0.39, 0.29) is 30.1 Å². The number of carbonyl (C=O) groups excluding carboxylic acids is 1. The molecule has 11 nitrogen and oxygen atoms in total. The van der Waals surface area contributed by atoms with Crippen LogP contribution < -0.4 is 4.72 Å². The molecule has 0 radical (unpaired) electrons. The minimum atomic E-state index is -3.70. The Balaban J connectivity index is 1.22. The third-order valence-corrected chi connectivity index (χ3v) is 8.18. The van der Waals surface area contributed by atoms with E-state index >= 15 is 0 Å². The molecule has 2 aliphatic rings. The number of ether oxygens (including phenoxy) is 1. The van der Waals surface area contributed by atoms with Gasteiger partial charge >= 0.3 is 5.97 Å². The maximum absolute atomic E-state index is 12.9. The molecule has 5 rings (SSSR count). The Kier molecular flexibility index (Phi) is 6.36. The van der Waals surface area contributed by atoms with E-state index in [0.717, 1.165) is 36.1 Å². The van der Waals surface area contributed by atoms with Crippen LogP contribution in [-0.4, -0.2) is 70.3 Å². The third-order valence-electron chi connectivity index (χ3n) is 6.74. The minimum Gasteiger partial charge on any atom is -0.457 e. The van der Waals surface area contributed by atoms with Gasteiger partial charge in [0.05, 0.1) is 22.3 Å². The smallest absolute Gasteiger partial charge is 0.338 e. The fourth-order valence-electron chi connectivity index (χ4n) is 4.76. The van der Waals surface area contributed by atoms with E-state index in [1.54, 1.807) is 24.3 Å². The summed E-state index contributed by atoms with van der Waals surface area (Å²) in [7, 11) is -3.70. The molecule has 0 aliphatic carbocycles. The van der Waals surface area contributed by atoms with Gasteiger partial charge < -0.3 is 9.84 Å². The molecule has 0 saturated carbocycles. The van der Waals surface area contributed by atoms with Crippen molar-refractivity contribution in [3.63, 3.8) is 0 Å². The van der Waals surface area contributed by atoms with E-state index in [2.05, 4.69) is 25.1 Å². The first-order chi connectivity index (χ1) is 16.8. The SMILES string of the molecule is Cc1c([C@H](O)CN2CCCC2CNS(=O)(=O)c2ccc(-n3cnnn3)cc2)ccc2c1COC2=O. The normalized spacial score (nSPS) is 19.0. The molecule has 12 heteroatoms. The molecule has 0 amide bonds. The standard InChI is InChI=1S/C23H26N6O5S/c1-15-19(8-9-20-21(15)13-34-23(20)31)22(30)12-28-10-2-3-17(28)11-25-35(32,33)18-6-4-16(5-7-18)29-14-24-26-27-29/h4-9,14,17,22,25,30H,2-3,10-13H2,1H3/t17?,22-/m1/s1. The van der Waals surface area contributed by atoms with Crippen LogP contribution in [0.2, 0.25) is 0 Å². The van der Waals surface area contributed by atoms with Crippen molar-refractivity contribution in [2.75, 3.05) is 19.6 Å². The summed E-state index contributed by atoms with van der Waals surface area (Å²) in [5.74, 6) is -0.332. The van der Waals surface area contributed by atoms with E-state index in [9.17, 15) is 18.3 Å². The molecule has 3 heterocycles. The summed E-state index contributed by atoms with van der Waals surface area (Å²) in [6, 6.07) is 9.76. The summed E-state index contributed by atoms with van der Waals surface area (Å²) < 4.78 is 35.0. The van der Waals surface area contributed by atoms with Gasteiger partial charge in [0.25, 0.3) is 0 Å². The fourth-order valence-corrected chi connectivity index (χ4v) is 5.84. The molecule has 0 spiro atoms. The van der Waals surface area contributed by atoms with Crippen molar-refractivity contribution in [2.24, 2.45) is 0 Å². The van der Waals surface area contributed by atoms with Crippen molar-refractivity contribution in [3.8, 4) is 5.69 Å². The minimum absolute atomic E-state index is 0.0282. The van der Waals surface area contributed by atoms with Crippen LogP contribution in [0, 0.1) is 6.92 Å². The van der Waals surface area contributed by atoms with Gasteiger partial charge in [-0.3, -0.25) is 4.90 Å². The summed E-state index contributed by atoms with van der Waals surface area (Å²) in [5, 5.41) is 21.9. The summed E-state index contributed by atoms with van der Waals surface area (Å²) in [6.07, 6.45) is 2.43. The van der Waals surface area contributed by atoms with Crippen molar-refractivity contribution >= 4 is 16.0 Å². The highest BCUT2D eigenvalue weighted by Crippen LogP contribution is 2.30. The molecule has 184 valence electrons. The van der Waals surface area contributed by atoms with Gasteiger partial charge in [0.15, 0.2) is 0 Å². The number of sulfonamides is 1. The zero-order valence-electron chi connectivity index (χ0n) is 19.2. The summed E-state index contributed by atoms with van der Waals surface area (Å²) in [6.45, 7) is 3.51. The predicted molar refractivity (Wildman–Crippen MR) is 124 cm³/mol. The molecular weight excluding hydrogens is 472 g/mol. The molecular formula is C23H26N6O5S. The molecule has 2 N–H and O–H groups in total. The van der Waals surface area contributed by atoms with Gasteiger partial charge in [0.1, 0.15) is 12.9 Å². The summed E-state index contributed by atoms with van der Waals surface area (Å²) in [5.41, 5.74) is 3.65.